The van der Waals surface area contributed by atoms with Gasteiger partial charge in [-0.25, -0.2) is 0 Å². The largest absolute Gasteiger partial charge is 0.467 e. The molecular formula is C9H9IN4O. The molecule has 1 aromatic rings. The van der Waals surface area contributed by atoms with Crippen LogP contribution in [0.25, 0.3) is 0 Å². The highest BCUT2D eigenvalue weighted by Gasteiger charge is 2.28. The van der Waals surface area contributed by atoms with Crippen molar-refractivity contribution in [2.45, 2.75) is 0 Å². The van der Waals surface area contributed by atoms with Crippen LogP contribution in [0.5, 0.6) is 6.01 Å². The molecule has 0 saturated carbocycles. The number of nitriles is 1. The van der Waals surface area contributed by atoms with E-state index in [9.17, 15) is 0 Å². The van der Waals surface area contributed by atoms with E-state index in [0.29, 0.717) is 6.01 Å². The van der Waals surface area contributed by atoms with Crippen LogP contribution in [0.2, 0.25) is 0 Å². The first-order valence-corrected chi connectivity index (χ1v) is 5.54. The van der Waals surface area contributed by atoms with Crippen LogP contribution in [-0.4, -0.2) is 30.2 Å². The van der Waals surface area contributed by atoms with Crippen molar-refractivity contribution < 1.29 is 4.74 Å². The van der Waals surface area contributed by atoms with E-state index in [2.05, 4.69) is 38.6 Å². The van der Waals surface area contributed by atoms with Crippen molar-refractivity contribution in [2.75, 3.05) is 25.1 Å². The Morgan fingerprint density at radius 2 is 2.33 bits per heavy atom. The summed E-state index contributed by atoms with van der Waals surface area (Å²) in [6.07, 6.45) is 0. The first kappa shape index (κ1) is 10.4. The molecule has 0 N–H and O–H groups in total. The van der Waals surface area contributed by atoms with Crippen molar-refractivity contribution in [1.29, 1.82) is 5.26 Å². The van der Waals surface area contributed by atoms with Gasteiger partial charge in [0.1, 0.15) is 9.52 Å². The van der Waals surface area contributed by atoms with Crippen molar-refractivity contribution in [1.82, 2.24) is 9.97 Å². The van der Waals surface area contributed by atoms with Gasteiger partial charge in [-0.1, -0.05) is 0 Å². The fourth-order valence-corrected chi connectivity index (χ4v) is 1.87. The number of hydrogen-bond donors (Lipinski definition) is 0. The van der Waals surface area contributed by atoms with Gasteiger partial charge in [0.2, 0.25) is 0 Å². The quantitative estimate of drug-likeness (QED) is 0.603. The summed E-state index contributed by atoms with van der Waals surface area (Å²) in [5.41, 5.74) is 0. The van der Waals surface area contributed by atoms with E-state index >= 15 is 0 Å². The Bertz CT molecular complexity index is 411. The normalized spacial score (nSPS) is 15.7. The maximum Gasteiger partial charge on any atom is 0.319 e. The SMILES string of the molecule is COc1nc(I)cc(N2CC(C#N)C2)n1. The predicted octanol–water partition coefficient (Wildman–Crippen LogP) is 1.05. The summed E-state index contributed by atoms with van der Waals surface area (Å²) >= 11 is 2.12. The zero-order valence-electron chi connectivity index (χ0n) is 8.14. The van der Waals surface area contributed by atoms with Gasteiger partial charge in [-0.15, -0.1) is 0 Å². The average molecular weight is 316 g/mol. The lowest BCUT2D eigenvalue weighted by Crippen LogP contribution is -2.46. The molecule has 2 heterocycles. The van der Waals surface area contributed by atoms with Gasteiger partial charge >= 0.3 is 6.01 Å². The Hall–Kier alpha value is -1.10. The third kappa shape index (κ3) is 2.12. The Morgan fingerprint density at radius 3 is 2.93 bits per heavy atom. The second-order valence-corrected chi connectivity index (χ2v) is 4.37. The van der Waals surface area contributed by atoms with Crippen LogP contribution in [0.3, 0.4) is 0 Å². The number of ether oxygens (including phenoxy) is 1. The molecule has 0 spiro atoms. The minimum absolute atomic E-state index is 0.128. The summed E-state index contributed by atoms with van der Waals surface area (Å²) in [5, 5.41) is 8.67. The maximum atomic E-state index is 8.67. The van der Waals surface area contributed by atoms with Crippen LogP contribution in [0.4, 0.5) is 5.82 Å². The van der Waals surface area contributed by atoms with Gasteiger partial charge in [-0.3, -0.25) is 0 Å². The van der Waals surface area contributed by atoms with Crippen LogP contribution < -0.4 is 9.64 Å². The van der Waals surface area contributed by atoms with Crippen LogP contribution in [0.15, 0.2) is 6.07 Å². The fraction of sp³-hybridized carbons (Fsp3) is 0.444. The molecule has 0 radical (unpaired) electrons. The minimum atomic E-state index is 0.128. The summed E-state index contributed by atoms with van der Waals surface area (Å²) in [5.74, 6) is 0.960. The second kappa shape index (κ2) is 4.18. The number of halogens is 1. The van der Waals surface area contributed by atoms with Crippen molar-refractivity contribution in [2.24, 2.45) is 5.92 Å². The topological polar surface area (TPSA) is 62.0 Å². The van der Waals surface area contributed by atoms with E-state index in [1.807, 2.05) is 11.0 Å². The Balaban J connectivity index is 2.16. The Morgan fingerprint density at radius 1 is 1.60 bits per heavy atom. The highest BCUT2D eigenvalue weighted by Crippen LogP contribution is 2.24. The van der Waals surface area contributed by atoms with Crippen molar-refractivity contribution in [3.05, 3.63) is 9.77 Å². The molecule has 0 unspecified atom stereocenters. The molecule has 1 aliphatic heterocycles. The third-order valence-electron chi connectivity index (χ3n) is 2.23. The van der Waals surface area contributed by atoms with Crippen LogP contribution in [-0.2, 0) is 0 Å². The van der Waals surface area contributed by atoms with Gasteiger partial charge in [-0.2, -0.15) is 15.2 Å². The molecule has 0 atom stereocenters. The summed E-state index contributed by atoms with van der Waals surface area (Å²) < 4.78 is 5.83. The maximum absolute atomic E-state index is 8.67. The van der Waals surface area contributed by atoms with E-state index in [4.69, 9.17) is 10.00 Å². The zero-order valence-corrected chi connectivity index (χ0v) is 10.3. The first-order valence-electron chi connectivity index (χ1n) is 4.46. The van der Waals surface area contributed by atoms with E-state index in [0.717, 1.165) is 22.6 Å². The van der Waals surface area contributed by atoms with Gasteiger partial charge in [-0.05, 0) is 22.6 Å². The molecule has 2 rings (SSSR count). The Kier molecular flexibility index (Phi) is 2.90. The van der Waals surface area contributed by atoms with Crippen LogP contribution in [0, 0.1) is 20.9 Å². The predicted molar refractivity (Wildman–Crippen MR) is 62.6 cm³/mol. The molecule has 0 aromatic carbocycles. The van der Waals surface area contributed by atoms with Gasteiger partial charge in [0.05, 0.1) is 19.1 Å². The third-order valence-corrected chi connectivity index (χ3v) is 2.78. The monoisotopic (exact) mass is 316 g/mol. The number of anilines is 1. The lowest BCUT2D eigenvalue weighted by molar-refractivity contribution is 0.377. The van der Waals surface area contributed by atoms with Crippen molar-refractivity contribution >= 4 is 28.4 Å². The van der Waals surface area contributed by atoms with E-state index in [1.54, 1.807) is 7.11 Å². The summed E-state index contributed by atoms with van der Waals surface area (Å²) in [6.45, 7) is 1.49. The molecule has 0 aliphatic carbocycles. The molecule has 6 heteroatoms. The number of nitrogens with zero attached hydrogens (tertiary/aromatic N) is 4. The molecular weight excluding hydrogens is 307 g/mol. The number of rotatable bonds is 2. The highest BCUT2D eigenvalue weighted by molar-refractivity contribution is 14.1. The molecule has 5 nitrogen and oxygen atoms in total. The number of methoxy groups -OCH3 is 1. The lowest BCUT2D eigenvalue weighted by Gasteiger charge is -2.36. The Labute approximate surface area is 101 Å². The van der Waals surface area contributed by atoms with Crippen LogP contribution in [0.1, 0.15) is 0 Å². The smallest absolute Gasteiger partial charge is 0.319 e. The van der Waals surface area contributed by atoms with Gasteiger partial charge in [0.15, 0.2) is 0 Å². The highest BCUT2D eigenvalue weighted by atomic mass is 127. The van der Waals surface area contributed by atoms with Gasteiger partial charge in [0, 0.05) is 19.2 Å². The van der Waals surface area contributed by atoms with Crippen LogP contribution >= 0.6 is 22.6 Å². The molecule has 78 valence electrons. The minimum Gasteiger partial charge on any atom is -0.467 e. The molecule has 1 aromatic heterocycles. The molecule has 1 saturated heterocycles. The van der Waals surface area contributed by atoms with Gasteiger partial charge in [0.25, 0.3) is 0 Å². The molecule has 0 bridgehead atoms. The summed E-state index contributed by atoms with van der Waals surface area (Å²) in [6, 6.07) is 4.48. The fourth-order valence-electron chi connectivity index (χ4n) is 1.39. The first-order chi connectivity index (χ1) is 7.22. The van der Waals surface area contributed by atoms with E-state index in [-0.39, 0.29) is 5.92 Å². The molecule has 0 amide bonds. The van der Waals surface area contributed by atoms with Crippen molar-refractivity contribution in [3.63, 3.8) is 0 Å². The van der Waals surface area contributed by atoms with E-state index < -0.39 is 0 Å². The second-order valence-electron chi connectivity index (χ2n) is 3.27. The summed E-state index contributed by atoms with van der Waals surface area (Å²) in [4.78, 5) is 10.4. The summed E-state index contributed by atoms with van der Waals surface area (Å²) in [7, 11) is 1.55. The number of aromatic nitrogens is 2. The van der Waals surface area contributed by atoms with E-state index in [1.165, 1.54) is 0 Å². The molecule has 15 heavy (non-hydrogen) atoms. The van der Waals surface area contributed by atoms with Crippen molar-refractivity contribution in [3.8, 4) is 12.1 Å². The average Bonchev–Trinajstić information content (AvgIpc) is 2.15. The zero-order chi connectivity index (χ0) is 10.8. The lowest BCUT2D eigenvalue weighted by atomic mass is 10.0. The molecule has 1 fully saturated rings. The van der Waals surface area contributed by atoms with Gasteiger partial charge < -0.3 is 9.64 Å². The molecule has 1 aliphatic rings. The standard InChI is InChI=1S/C9H9IN4O/c1-15-9-12-7(10)2-8(13-9)14-4-6(3-11)5-14/h2,6H,4-5H2,1H3. The number of hydrogen-bond acceptors (Lipinski definition) is 5.